The zero-order valence-electron chi connectivity index (χ0n) is 11.1. The highest BCUT2D eigenvalue weighted by atomic mass is 19.4. The van der Waals surface area contributed by atoms with E-state index < -0.39 is 11.7 Å². The van der Waals surface area contributed by atoms with E-state index in [1.165, 1.54) is 12.1 Å². The number of alkyl halides is 3. The van der Waals surface area contributed by atoms with Crippen molar-refractivity contribution >= 4 is 5.69 Å². The lowest BCUT2D eigenvalue weighted by molar-refractivity contribution is -0.137. The van der Waals surface area contributed by atoms with Gasteiger partial charge in [-0.2, -0.15) is 13.2 Å². The van der Waals surface area contributed by atoms with Crippen molar-refractivity contribution in [2.45, 2.75) is 32.6 Å². The molecule has 0 bridgehead atoms. The molecule has 0 spiro atoms. The van der Waals surface area contributed by atoms with Crippen LogP contribution in [0.2, 0.25) is 0 Å². The molecule has 1 aromatic carbocycles. The Labute approximate surface area is 115 Å². The maximum Gasteiger partial charge on any atom is 0.418 e. The molecule has 2 rings (SSSR count). The maximum absolute atomic E-state index is 12.9. The first kappa shape index (κ1) is 14.4. The lowest BCUT2D eigenvalue weighted by Crippen LogP contribution is -2.13. The highest BCUT2D eigenvalue weighted by molar-refractivity contribution is 5.52. The van der Waals surface area contributed by atoms with E-state index in [9.17, 15) is 13.2 Å². The summed E-state index contributed by atoms with van der Waals surface area (Å²) in [6.07, 6.45) is 0.0729. The molecule has 0 aliphatic rings. The summed E-state index contributed by atoms with van der Waals surface area (Å²) in [5, 5.41) is 2.82. The number of aromatic nitrogens is 2. The largest absolute Gasteiger partial charge is 0.418 e. The molecule has 0 atom stereocenters. The summed E-state index contributed by atoms with van der Waals surface area (Å²) in [6, 6.07) is 5.46. The molecule has 0 radical (unpaired) electrons. The van der Waals surface area contributed by atoms with Gasteiger partial charge in [-0.1, -0.05) is 19.1 Å². The van der Waals surface area contributed by atoms with E-state index in [1.54, 1.807) is 12.3 Å². The third-order valence-electron chi connectivity index (χ3n) is 2.94. The normalized spacial score (nSPS) is 11.6. The van der Waals surface area contributed by atoms with Crippen molar-refractivity contribution in [3.8, 4) is 0 Å². The highest BCUT2D eigenvalue weighted by Gasteiger charge is 2.33. The van der Waals surface area contributed by atoms with Gasteiger partial charge in [-0.15, -0.1) is 0 Å². The second kappa shape index (κ2) is 5.98. The molecule has 1 aromatic heterocycles. The van der Waals surface area contributed by atoms with Gasteiger partial charge in [0.15, 0.2) is 0 Å². The molecule has 3 nitrogen and oxygen atoms in total. The van der Waals surface area contributed by atoms with E-state index in [4.69, 9.17) is 0 Å². The third kappa shape index (κ3) is 3.31. The number of nitrogens with zero attached hydrogens (tertiary/aromatic N) is 2. The van der Waals surface area contributed by atoms with Crippen LogP contribution in [-0.4, -0.2) is 9.55 Å². The predicted octanol–water partition coefficient (Wildman–Crippen LogP) is 3.92. The molecule has 1 heterocycles. The molecule has 0 amide bonds. The second-order valence-electron chi connectivity index (χ2n) is 4.43. The first-order valence-electron chi connectivity index (χ1n) is 6.42. The fraction of sp³-hybridized carbons (Fsp3) is 0.357. The van der Waals surface area contributed by atoms with Gasteiger partial charge in [0, 0.05) is 24.6 Å². The van der Waals surface area contributed by atoms with E-state index in [-0.39, 0.29) is 12.2 Å². The van der Waals surface area contributed by atoms with Crippen molar-refractivity contribution in [3.63, 3.8) is 0 Å². The van der Waals surface area contributed by atoms with Gasteiger partial charge in [-0.3, -0.25) is 0 Å². The quantitative estimate of drug-likeness (QED) is 0.901. The van der Waals surface area contributed by atoms with Crippen molar-refractivity contribution < 1.29 is 13.2 Å². The van der Waals surface area contributed by atoms with Gasteiger partial charge in [-0.05, 0) is 18.6 Å². The molecule has 0 unspecified atom stereocenters. The number of para-hydroxylation sites is 1. The van der Waals surface area contributed by atoms with Gasteiger partial charge in [0.05, 0.1) is 12.1 Å². The average Bonchev–Trinajstić information content (AvgIpc) is 2.83. The monoisotopic (exact) mass is 283 g/mol. The van der Waals surface area contributed by atoms with Crippen LogP contribution < -0.4 is 5.32 Å². The molecule has 0 saturated heterocycles. The lowest BCUT2D eigenvalue weighted by atomic mass is 10.1. The molecule has 0 fully saturated rings. The SMILES string of the molecule is CCCn1ccnc1CNc1ccccc1C(F)(F)F. The Hall–Kier alpha value is -1.98. The van der Waals surface area contributed by atoms with E-state index >= 15 is 0 Å². The van der Waals surface area contributed by atoms with Crippen LogP contribution in [0, 0.1) is 0 Å². The number of benzene rings is 1. The average molecular weight is 283 g/mol. The minimum absolute atomic E-state index is 0.0750. The summed E-state index contributed by atoms with van der Waals surface area (Å²) < 4.78 is 40.5. The third-order valence-corrected chi connectivity index (χ3v) is 2.94. The molecule has 2 aromatic rings. The lowest BCUT2D eigenvalue weighted by Gasteiger charge is -2.14. The number of nitrogens with one attached hydrogen (secondary N) is 1. The summed E-state index contributed by atoms with van der Waals surface area (Å²) in [5.74, 6) is 0.726. The van der Waals surface area contributed by atoms with Crippen molar-refractivity contribution in [2.75, 3.05) is 5.32 Å². The molecule has 0 aliphatic heterocycles. The number of imidazole rings is 1. The van der Waals surface area contributed by atoms with Crippen molar-refractivity contribution in [1.82, 2.24) is 9.55 Å². The Morgan fingerprint density at radius 3 is 2.70 bits per heavy atom. The van der Waals surface area contributed by atoms with E-state index in [0.717, 1.165) is 24.9 Å². The molecule has 0 aliphatic carbocycles. The molecular weight excluding hydrogens is 267 g/mol. The Balaban J connectivity index is 2.13. The predicted molar refractivity (Wildman–Crippen MR) is 71.3 cm³/mol. The van der Waals surface area contributed by atoms with Crippen LogP contribution in [0.4, 0.5) is 18.9 Å². The molecule has 108 valence electrons. The fourth-order valence-electron chi connectivity index (χ4n) is 2.01. The zero-order chi connectivity index (χ0) is 14.6. The first-order valence-corrected chi connectivity index (χ1v) is 6.42. The fourth-order valence-corrected chi connectivity index (χ4v) is 2.01. The molecule has 20 heavy (non-hydrogen) atoms. The topological polar surface area (TPSA) is 29.9 Å². The Bertz CT molecular complexity index is 561. The van der Waals surface area contributed by atoms with Gasteiger partial charge in [0.2, 0.25) is 0 Å². The standard InChI is InChI=1S/C14H16F3N3/c1-2-8-20-9-7-18-13(20)10-19-12-6-4-3-5-11(12)14(15,16)17/h3-7,9,19H,2,8,10H2,1H3. The van der Waals surface area contributed by atoms with E-state index in [2.05, 4.69) is 10.3 Å². The minimum atomic E-state index is -4.36. The number of anilines is 1. The summed E-state index contributed by atoms with van der Waals surface area (Å²) >= 11 is 0. The minimum Gasteiger partial charge on any atom is -0.377 e. The Kier molecular flexibility index (Phi) is 4.32. The summed E-state index contributed by atoms with van der Waals surface area (Å²) in [7, 11) is 0. The van der Waals surface area contributed by atoms with Crippen LogP contribution in [0.15, 0.2) is 36.7 Å². The number of rotatable bonds is 5. The summed E-state index contributed by atoms with van der Waals surface area (Å²) in [5.41, 5.74) is -0.584. The van der Waals surface area contributed by atoms with Gasteiger partial charge >= 0.3 is 6.18 Å². The molecular formula is C14H16F3N3. The van der Waals surface area contributed by atoms with Crippen LogP contribution in [0.25, 0.3) is 0 Å². The van der Waals surface area contributed by atoms with Gasteiger partial charge < -0.3 is 9.88 Å². The van der Waals surface area contributed by atoms with E-state index in [1.807, 2.05) is 17.7 Å². The van der Waals surface area contributed by atoms with Crippen LogP contribution in [-0.2, 0) is 19.3 Å². The highest BCUT2D eigenvalue weighted by Crippen LogP contribution is 2.34. The summed E-state index contributed by atoms with van der Waals surface area (Å²) in [4.78, 5) is 4.16. The molecule has 1 N–H and O–H groups in total. The Morgan fingerprint density at radius 1 is 1.25 bits per heavy atom. The second-order valence-corrected chi connectivity index (χ2v) is 4.43. The van der Waals surface area contributed by atoms with Crippen molar-refractivity contribution in [1.29, 1.82) is 0 Å². The zero-order valence-corrected chi connectivity index (χ0v) is 11.1. The maximum atomic E-state index is 12.9. The van der Waals surface area contributed by atoms with E-state index in [0.29, 0.717) is 0 Å². The smallest absolute Gasteiger partial charge is 0.377 e. The molecule has 0 saturated carbocycles. The number of hydrogen-bond acceptors (Lipinski definition) is 2. The van der Waals surface area contributed by atoms with Crippen LogP contribution >= 0.6 is 0 Å². The number of halogens is 3. The number of aryl methyl sites for hydroxylation is 1. The van der Waals surface area contributed by atoms with Gasteiger partial charge in [0.1, 0.15) is 5.82 Å². The van der Waals surface area contributed by atoms with Crippen LogP contribution in [0.3, 0.4) is 0 Å². The summed E-state index contributed by atoms with van der Waals surface area (Å²) in [6.45, 7) is 3.11. The Morgan fingerprint density at radius 2 is 2.00 bits per heavy atom. The number of hydrogen-bond donors (Lipinski definition) is 1. The van der Waals surface area contributed by atoms with Crippen molar-refractivity contribution in [2.24, 2.45) is 0 Å². The molecule has 6 heteroatoms. The van der Waals surface area contributed by atoms with Gasteiger partial charge in [0.25, 0.3) is 0 Å². The van der Waals surface area contributed by atoms with Crippen molar-refractivity contribution in [3.05, 3.63) is 48.0 Å². The first-order chi connectivity index (χ1) is 9.52. The van der Waals surface area contributed by atoms with Crippen LogP contribution in [0.1, 0.15) is 24.7 Å². The van der Waals surface area contributed by atoms with Crippen LogP contribution in [0.5, 0.6) is 0 Å². The van der Waals surface area contributed by atoms with Gasteiger partial charge in [-0.25, -0.2) is 4.98 Å².